The Labute approximate surface area is 130 Å². The second-order valence-electron chi connectivity index (χ2n) is 5.29. The van der Waals surface area contributed by atoms with Crippen LogP contribution < -0.4 is 14.8 Å². The average Bonchev–Trinajstić information content (AvgIpc) is 2.46. The number of aliphatic carboxylic acids is 1. The minimum atomic E-state index is -1.05. The van der Waals surface area contributed by atoms with Crippen LogP contribution in [0.3, 0.4) is 0 Å². The number of ether oxygens (including phenoxy) is 2. The van der Waals surface area contributed by atoms with Crippen molar-refractivity contribution in [1.82, 2.24) is 5.32 Å². The van der Waals surface area contributed by atoms with Gasteiger partial charge in [0.2, 0.25) is 0 Å². The molecular formula is C16H23NO5. The van der Waals surface area contributed by atoms with Gasteiger partial charge in [0.1, 0.15) is 17.5 Å². The summed E-state index contributed by atoms with van der Waals surface area (Å²) < 4.78 is 10.5. The van der Waals surface area contributed by atoms with Crippen molar-refractivity contribution in [2.75, 3.05) is 13.7 Å². The molecule has 0 saturated carbocycles. The van der Waals surface area contributed by atoms with Crippen LogP contribution in [-0.2, 0) is 4.79 Å². The Hall–Kier alpha value is -2.24. The fourth-order valence-electron chi connectivity index (χ4n) is 2.02. The topological polar surface area (TPSA) is 84.9 Å². The summed E-state index contributed by atoms with van der Waals surface area (Å²) in [4.78, 5) is 23.6. The van der Waals surface area contributed by atoms with Crippen molar-refractivity contribution >= 4 is 11.9 Å². The summed E-state index contributed by atoms with van der Waals surface area (Å²) in [5.74, 6) is -0.429. The summed E-state index contributed by atoms with van der Waals surface area (Å²) in [5.41, 5.74) is 0.289. The zero-order chi connectivity index (χ0) is 16.7. The first-order valence-corrected chi connectivity index (χ1v) is 7.23. The summed E-state index contributed by atoms with van der Waals surface area (Å²) in [6, 6.07) is 3.88. The van der Waals surface area contributed by atoms with Crippen molar-refractivity contribution in [1.29, 1.82) is 0 Å². The minimum absolute atomic E-state index is 0.156. The summed E-state index contributed by atoms with van der Waals surface area (Å²) >= 11 is 0. The first-order chi connectivity index (χ1) is 10.4. The van der Waals surface area contributed by atoms with Gasteiger partial charge in [-0.25, -0.2) is 4.79 Å². The standard InChI is InChI=1S/C16H23NO5/c1-5-22-14-9-11(21-4)6-7-12(14)15(18)17-13(16(19)20)8-10(2)3/h6-7,9-10,13H,5,8H2,1-4H3,(H,17,18)(H,19,20). The van der Waals surface area contributed by atoms with Crippen LogP contribution in [0.1, 0.15) is 37.6 Å². The van der Waals surface area contributed by atoms with Gasteiger partial charge in [-0.3, -0.25) is 4.79 Å². The second-order valence-corrected chi connectivity index (χ2v) is 5.29. The number of amides is 1. The smallest absolute Gasteiger partial charge is 0.326 e. The predicted molar refractivity (Wildman–Crippen MR) is 82.5 cm³/mol. The first-order valence-electron chi connectivity index (χ1n) is 7.23. The average molecular weight is 309 g/mol. The van der Waals surface area contributed by atoms with Crippen molar-refractivity contribution in [2.45, 2.75) is 33.2 Å². The van der Waals surface area contributed by atoms with E-state index in [9.17, 15) is 14.7 Å². The van der Waals surface area contributed by atoms with Gasteiger partial charge in [0.15, 0.2) is 0 Å². The van der Waals surface area contributed by atoms with Gasteiger partial charge in [-0.05, 0) is 31.4 Å². The van der Waals surface area contributed by atoms with Crippen molar-refractivity contribution in [3.8, 4) is 11.5 Å². The lowest BCUT2D eigenvalue weighted by molar-refractivity contribution is -0.139. The van der Waals surface area contributed by atoms with Gasteiger partial charge < -0.3 is 19.9 Å². The molecule has 0 aliphatic heterocycles. The van der Waals surface area contributed by atoms with Gasteiger partial charge in [-0.1, -0.05) is 13.8 Å². The van der Waals surface area contributed by atoms with Crippen LogP contribution in [0.15, 0.2) is 18.2 Å². The Morgan fingerprint density at radius 2 is 2.00 bits per heavy atom. The Bertz CT molecular complexity index is 527. The highest BCUT2D eigenvalue weighted by atomic mass is 16.5. The van der Waals surface area contributed by atoms with Gasteiger partial charge in [0, 0.05) is 6.07 Å². The normalized spacial score (nSPS) is 11.9. The zero-order valence-corrected chi connectivity index (χ0v) is 13.4. The zero-order valence-electron chi connectivity index (χ0n) is 13.4. The molecule has 0 saturated heterocycles. The summed E-state index contributed by atoms with van der Waals surface area (Å²) in [5, 5.41) is 11.7. The molecular weight excluding hydrogens is 286 g/mol. The van der Waals surface area contributed by atoms with E-state index < -0.39 is 17.9 Å². The molecule has 0 aromatic heterocycles. The molecule has 1 aromatic carbocycles. The molecule has 2 N–H and O–H groups in total. The van der Waals surface area contributed by atoms with E-state index in [0.717, 1.165) is 0 Å². The Balaban J connectivity index is 2.98. The second kappa shape index (κ2) is 8.26. The van der Waals surface area contributed by atoms with Crippen molar-refractivity contribution in [3.05, 3.63) is 23.8 Å². The lowest BCUT2D eigenvalue weighted by atomic mass is 10.0. The molecule has 22 heavy (non-hydrogen) atoms. The fraction of sp³-hybridized carbons (Fsp3) is 0.500. The van der Waals surface area contributed by atoms with Gasteiger partial charge in [-0.2, -0.15) is 0 Å². The molecule has 1 atom stereocenters. The number of benzene rings is 1. The number of hydrogen-bond acceptors (Lipinski definition) is 4. The molecule has 6 heteroatoms. The van der Waals surface area contributed by atoms with Crippen LogP contribution in [0, 0.1) is 5.92 Å². The number of carboxylic acids is 1. The van der Waals surface area contributed by atoms with Crippen LogP contribution in [0.2, 0.25) is 0 Å². The molecule has 1 aromatic rings. The van der Waals surface area contributed by atoms with E-state index in [2.05, 4.69) is 5.32 Å². The maximum Gasteiger partial charge on any atom is 0.326 e. The molecule has 0 fully saturated rings. The number of hydrogen-bond donors (Lipinski definition) is 2. The molecule has 1 amide bonds. The van der Waals surface area contributed by atoms with E-state index in [-0.39, 0.29) is 11.5 Å². The summed E-state index contributed by atoms with van der Waals surface area (Å²) in [6.07, 6.45) is 0.362. The molecule has 0 radical (unpaired) electrons. The van der Waals surface area contributed by atoms with Crippen LogP contribution >= 0.6 is 0 Å². The molecule has 122 valence electrons. The third-order valence-corrected chi connectivity index (χ3v) is 3.04. The predicted octanol–water partition coefficient (Wildman–Crippen LogP) is 2.32. The number of nitrogens with one attached hydrogen (secondary N) is 1. The number of carboxylic acid groups (broad SMARTS) is 1. The maximum absolute atomic E-state index is 12.3. The molecule has 0 aliphatic carbocycles. The van der Waals surface area contributed by atoms with E-state index in [1.165, 1.54) is 7.11 Å². The van der Waals surface area contributed by atoms with Crippen LogP contribution in [0.4, 0.5) is 0 Å². The Kier molecular flexibility index (Phi) is 6.69. The molecule has 1 unspecified atom stereocenters. The van der Waals surface area contributed by atoms with Gasteiger partial charge in [0.25, 0.3) is 5.91 Å². The maximum atomic E-state index is 12.3. The SMILES string of the molecule is CCOc1cc(OC)ccc1C(=O)NC(CC(C)C)C(=O)O. The van der Waals surface area contributed by atoms with E-state index in [4.69, 9.17) is 9.47 Å². The largest absolute Gasteiger partial charge is 0.497 e. The third-order valence-electron chi connectivity index (χ3n) is 3.04. The van der Waals surface area contributed by atoms with Gasteiger partial charge in [0.05, 0.1) is 19.3 Å². The molecule has 0 heterocycles. The lowest BCUT2D eigenvalue weighted by Crippen LogP contribution is -2.41. The fourth-order valence-corrected chi connectivity index (χ4v) is 2.02. The number of methoxy groups -OCH3 is 1. The monoisotopic (exact) mass is 309 g/mol. The highest BCUT2D eigenvalue weighted by Gasteiger charge is 2.23. The van der Waals surface area contributed by atoms with Gasteiger partial charge >= 0.3 is 5.97 Å². The van der Waals surface area contributed by atoms with Crippen LogP contribution in [0.25, 0.3) is 0 Å². The van der Waals surface area contributed by atoms with Crippen molar-refractivity contribution in [2.24, 2.45) is 5.92 Å². The third kappa shape index (κ3) is 4.95. The Morgan fingerprint density at radius 3 is 2.50 bits per heavy atom. The van der Waals surface area contributed by atoms with E-state index in [0.29, 0.717) is 24.5 Å². The summed E-state index contributed by atoms with van der Waals surface area (Å²) in [7, 11) is 1.52. The highest BCUT2D eigenvalue weighted by Crippen LogP contribution is 2.25. The van der Waals surface area contributed by atoms with E-state index >= 15 is 0 Å². The lowest BCUT2D eigenvalue weighted by Gasteiger charge is -2.18. The number of carbonyl (C=O) groups is 2. The summed E-state index contributed by atoms with van der Waals surface area (Å²) in [6.45, 7) is 6.00. The van der Waals surface area contributed by atoms with Crippen LogP contribution in [0.5, 0.6) is 11.5 Å². The van der Waals surface area contributed by atoms with Crippen molar-refractivity contribution < 1.29 is 24.2 Å². The molecule has 0 bridgehead atoms. The van der Waals surface area contributed by atoms with E-state index in [1.54, 1.807) is 25.1 Å². The van der Waals surface area contributed by atoms with Gasteiger partial charge in [-0.15, -0.1) is 0 Å². The number of carbonyl (C=O) groups excluding carboxylic acids is 1. The molecule has 1 rings (SSSR count). The first kappa shape index (κ1) is 17.8. The minimum Gasteiger partial charge on any atom is -0.497 e. The molecule has 0 aliphatic rings. The Morgan fingerprint density at radius 1 is 1.32 bits per heavy atom. The quantitative estimate of drug-likeness (QED) is 0.770. The molecule has 0 spiro atoms. The number of rotatable bonds is 8. The van der Waals surface area contributed by atoms with E-state index in [1.807, 2.05) is 13.8 Å². The van der Waals surface area contributed by atoms with Crippen molar-refractivity contribution in [3.63, 3.8) is 0 Å². The highest BCUT2D eigenvalue weighted by molar-refractivity contribution is 5.99. The molecule has 6 nitrogen and oxygen atoms in total. The van der Waals surface area contributed by atoms with Crippen LogP contribution in [-0.4, -0.2) is 36.7 Å².